The van der Waals surface area contributed by atoms with Crippen molar-refractivity contribution in [2.24, 2.45) is 0 Å². The van der Waals surface area contributed by atoms with Crippen molar-refractivity contribution in [1.29, 1.82) is 0 Å². The molecule has 1 N–H and O–H groups in total. The summed E-state index contributed by atoms with van der Waals surface area (Å²) in [7, 11) is 3.04. The van der Waals surface area contributed by atoms with Crippen LogP contribution in [0.15, 0.2) is 41.5 Å². The fraction of sp³-hybridized carbons (Fsp3) is 0.385. The highest BCUT2D eigenvalue weighted by atomic mass is 16.5. The van der Waals surface area contributed by atoms with Crippen LogP contribution >= 0.6 is 0 Å². The van der Waals surface area contributed by atoms with E-state index >= 15 is 0 Å². The van der Waals surface area contributed by atoms with Gasteiger partial charge in [0.15, 0.2) is 11.5 Å². The second-order valence-corrected chi connectivity index (χ2v) is 8.62. The number of aromatic nitrogens is 2. The minimum absolute atomic E-state index is 0.0534. The van der Waals surface area contributed by atoms with Crippen molar-refractivity contribution >= 4 is 28.4 Å². The van der Waals surface area contributed by atoms with Crippen LogP contribution in [0, 0.1) is 6.92 Å². The molecular formula is C26H30N4O5. The second-order valence-electron chi connectivity index (χ2n) is 8.62. The van der Waals surface area contributed by atoms with Gasteiger partial charge in [0.25, 0.3) is 11.5 Å². The molecule has 9 heteroatoms. The summed E-state index contributed by atoms with van der Waals surface area (Å²) in [5.74, 6) is 0.693. The molecule has 3 aromatic rings. The lowest BCUT2D eigenvalue weighted by atomic mass is 10.1. The molecule has 0 atom stereocenters. The van der Waals surface area contributed by atoms with E-state index < -0.39 is 0 Å². The number of carbonyl (C=O) groups excluding carboxylic acids is 2. The Balaban J connectivity index is 1.43. The maximum atomic E-state index is 12.9. The van der Waals surface area contributed by atoms with Crippen molar-refractivity contribution in [2.45, 2.75) is 39.2 Å². The minimum Gasteiger partial charge on any atom is -0.493 e. The molecule has 0 saturated carbocycles. The summed E-state index contributed by atoms with van der Waals surface area (Å²) < 4.78 is 12.1. The molecule has 35 heavy (non-hydrogen) atoms. The Kier molecular flexibility index (Phi) is 7.33. The van der Waals surface area contributed by atoms with Crippen LogP contribution in [0.25, 0.3) is 10.9 Å². The van der Waals surface area contributed by atoms with E-state index in [4.69, 9.17) is 9.47 Å². The van der Waals surface area contributed by atoms with Gasteiger partial charge in [0, 0.05) is 32.1 Å². The first-order valence-corrected chi connectivity index (χ1v) is 11.7. The van der Waals surface area contributed by atoms with E-state index in [1.54, 1.807) is 18.2 Å². The molecule has 184 valence electrons. The number of hydrogen-bond donors (Lipinski definition) is 1. The first-order chi connectivity index (χ1) is 16.9. The molecule has 0 aliphatic carbocycles. The van der Waals surface area contributed by atoms with Gasteiger partial charge in [-0.3, -0.25) is 19.0 Å². The van der Waals surface area contributed by atoms with Gasteiger partial charge in [-0.25, -0.2) is 4.98 Å². The summed E-state index contributed by atoms with van der Waals surface area (Å²) in [5, 5.41) is 3.34. The van der Waals surface area contributed by atoms with E-state index in [0.29, 0.717) is 46.6 Å². The standard InChI is InChI=1S/C26H30N4O5/c1-17-8-6-9-18(25(32)29-11-4-5-12-29)24(17)28-23(31)10-7-13-30-16-27-20-15-22(35-3)21(34-2)14-19(20)26(30)33/h6,8-9,14-16H,4-5,7,10-13H2,1-3H3,(H,28,31). The lowest BCUT2D eigenvalue weighted by Gasteiger charge is -2.19. The molecule has 2 amide bonds. The van der Waals surface area contributed by atoms with Crippen molar-refractivity contribution in [3.05, 3.63) is 58.1 Å². The summed E-state index contributed by atoms with van der Waals surface area (Å²) in [6.07, 6.45) is 4.11. The van der Waals surface area contributed by atoms with Gasteiger partial charge < -0.3 is 19.7 Å². The third-order valence-electron chi connectivity index (χ3n) is 6.29. The number of hydrogen-bond acceptors (Lipinski definition) is 6. The van der Waals surface area contributed by atoms with Gasteiger partial charge in [-0.1, -0.05) is 12.1 Å². The number of nitrogens with zero attached hydrogens (tertiary/aromatic N) is 3. The average Bonchev–Trinajstić information content (AvgIpc) is 3.40. The van der Waals surface area contributed by atoms with Crippen LogP contribution in [0.2, 0.25) is 0 Å². The SMILES string of the molecule is COc1cc2ncn(CCCC(=O)Nc3c(C)cccc3C(=O)N3CCCC3)c(=O)c2cc1OC. The van der Waals surface area contributed by atoms with Crippen LogP contribution < -0.4 is 20.3 Å². The fourth-order valence-corrected chi connectivity index (χ4v) is 4.36. The predicted octanol–water partition coefficient (Wildman–Crippen LogP) is 3.38. The molecule has 1 fully saturated rings. The highest BCUT2D eigenvalue weighted by Crippen LogP contribution is 2.30. The Bertz CT molecular complexity index is 1310. The lowest BCUT2D eigenvalue weighted by Crippen LogP contribution is -2.29. The first-order valence-electron chi connectivity index (χ1n) is 11.7. The van der Waals surface area contributed by atoms with Gasteiger partial charge >= 0.3 is 0 Å². The van der Waals surface area contributed by atoms with Gasteiger partial charge in [0.2, 0.25) is 5.91 Å². The summed E-state index contributed by atoms with van der Waals surface area (Å²) in [5.41, 5.74) is 2.20. The van der Waals surface area contributed by atoms with E-state index in [0.717, 1.165) is 31.5 Å². The van der Waals surface area contributed by atoms with Gasteiger partial charge in [-0.05, 0) is 43.9 Å². The zero-order valence-corrected chi connectivity index (χ0v) is 20.3. The third-order valence-corrected chi connectivity index (χ3v) is 6.29. The number of rotatable bonds is 8. The minimum atomic E-state index is -0.214. The quantitative estimate of drug-likeness (QED) is 0.533. The van der Waals surface area contributed by atoms with Crippen molar-refractivity contribution in [2.75, 3.05) is 32.6 Å². The molecule has 1 saturated heterocycles. The first kappa shape index (κ1) is 24.3. The molecule has 1 aliphatic rings. The van der Waals surface area contributed by atoms with E-state index in [1.807, 2.05) is 24.0 Å². The Morgan fingerprint density at radius 2 is 1.80 bits per heavy atom. The van der Waals surface area contributed by atoms with Crippen LogP contribution in [-0.2, 0) is 11.3 Å². The highest BCUT2D eigenvalue weighted by Gasteiger charge is 2.23. The number of aryl methyl sites for hydroxylation is 2. The van der Waals surface area contributed by atoms with Crippen LogP contribution in [0.3, 0.4) is 0 Å². The average molecular weight is 479 g/mol. The topological polar surface area (TPSA) is 103 Å². The third kappa shape index (κ3) is 5.13. The van der Waals surface area contributed by atoms with Gasteiger partial charge in [-0.15, -0.1) is 0 Å². The number of amides is 2. The number of likely N-dealkylation sites (tertiary alicyclic amines) is 1. The molecule has 0 bridgehead atoms. The Hall–Kier alpha value is -3.88. The highest BCUT2D eigenvalue weighted by molar-refractivity contribution is 6.04. The van der Waals surface area contributed by atoms with Crippen molar-refractivity contribution in [3.8, 4) is 11.5 Å². The zero-order valence-electron chi connectivity index (χ0n) is 20.3. The Morgan fingerprint density at radius 3 is 2.51 bits per heavy atom. The van der Waals surface area contributed by atoms with Gasteiger partial charge in [-0.2, -0.15) is 0 Å². The summed E-state index contributed by atoms with van der Waals surface area (Å²) in [6.45, 7) is 3.69. The van der Waals surface area contributed by atoms with E-state index in [9.17, 15) is 14.4 Å². The molecule has 0 unspecified atom stereocenters. The number of ether oxygens (including phenoxy) is 2. The molecule has 9 nitrogen and oxygen atoms in total. The number of benzene rings is 2. The van der Waals surface area contributed by atoms with Crippen molar-refractivity contribution in [3.63, 3.8) is 0 Å². The number of anilines is 1. The number of para-hydroxylation sites is 1. The van der Waals surface area contributed by atoms with Crippen LogP contribution in [0.4, 0.5) is 5.69 Å². The molecule has 2 heterocycles. The Morgan fingerprint density at radius 1 is 1.09 bits per heavy atom. The number of fused-ring (bicyclic) bond motifs is 1. The van der Waals surface area contributed by atoms with Crippen LogP contribution in [0.1, 0.15) is 41.6 Å². The van der Waals surface area contributed by atoms with Crippen molar-refractivity contribution in [1.82, 2.24) is 14.5 Å². The second kappa shape index (κ2) is 10.6. The zero-order chi connectivity index (χ0) is 24.9. The van der Waals surface area contributed by atoms with E-state index in [-0.39, 0.29) is 23.8 Å². The Labute approximate surface area is 203 Å². The number of nitrogens with one attached hydrogen (secondary N) is 1. The molecule has 2 aromatic carbocycles. The number of methoxy groups -OCH3 is 2. The lowest BCUT2D eigenvalue weighted by molar-refractivity contribution is -0.116. The molecule has 1 aromatic heterocycles. The van der Waals surface area contributed by atoms with Crippen LogP contribution in [-0.4, -0.2) is 53.6 Å². The largest absolute Gasteiger partial charge is 0.493 e. The monoisotopic (exact) mass is 478 g/mol. The van der Waals surface area contributed by atoms with Gasteiger partial charge in [0.05, 0.1) is 42.7 Å². The maximum Gasteiger partial charge on any atom is 0.261 e. The van der Waals surface area contributed by atoms with Crippen LogP contribution in [0.5, 0.6) is 11.5 Å². The molecule has 0 spiro atoms. The summed E-state index contributed by atoms with van der Waals surface area (Å²) in [6, 6.07) is 8.74. The van der Waals surface area contributed by atoms with Crippen molar-refractivity contribution < 1.29 is 19.1 Å². The normalized spacial score (nSPS) is 13.2. The fourth-order valence-electron chi connectivity index (χ4n) is 4.36. The van der Waals surface area contributed by atoms with E-state index in [1.165, 1.54) is 25.1 Å². The predicted molar refractivity (Wildman–Crippen MR) is 133 cm³/mol. The van der Waals surface area contributed by atoms with Gasteiger partial charge in [0.1, 0.15) is 0 Å². The maximum absolute atomic E-state index is 12.9. The molecular weight excluding hydrogens is 448 g/mol. The summed E-state index contributed by atoms with van der Waals surface area (Å²) >= 11 is 0. The molecule has 4 rings (SSSR count). The summed E-state index contributed by atoms with van der Waals surface area (Å²) in [4.78, 5) is 44.8. The van der Waals surface area contributed by atoms with E-state index in [2.05, 4.69) is 10.3 Å². The smallest absolute Gasteiger partial charge is 0.261 e. The molecule has 1 aliphatic heterocycles. The molecule has 0 radical (unpaired) electrons. The number of carbonyl (C=O) groups is 2.